The first-order valence-corrected chi connectivity index (χ1v) is 9.25. The summed E-state index contributed by atoms with van der Waals surface area (Å²) < 4.78 is 9.38. The average Bonchev–Trinajstić information content (AvgIpc) is 3.36. The first kappa shape index (κ1) is 15.9. The Morgan fingerprint density at radius 1 is 1.04 bits per heavy atom. The van der Waals surface area contributed by atoms with E-state index in [0.717, 1.165) is 32.3 Å². The van der Waals surface area contributed by atoms with Gasteiger partial charge in [-0.25, -0.2) is 4.68 Å². The molecular weight excluding hydrogens is 362 g/mol. The molecule has 134 valence electrons. The quantitative estimate of drug-likeness (QED) is 0.468. The maximum Gasteiger partial charge on any atom is 0.234 e. The van der Waals surface area contributed by atoms with Crippen molar-refractivity contribution in [2.45, 2.75) is 20.1 Å². The first-order valence-electron chi connectivity index (χ1n) is 8.44. The molecule has 3 aromatic heterocycles. The maximum atomic E-state index is 5.83. The van der Waals surface area contributed by atoms with Crippen LogP contribution in [0.4, 0.5) is 0 Å². The van der Waals surface area contributed by atoms with Crippen molar-refractivity contribution in [1.82, 2.24) is 34.8 Å². The number of ether oxygens (including phenoxy) is 1. The monoisotopic (exact) mass is 377 g/mol. The van der Waals surface area contributed by atoms with Crippen LogP contribution in [0, 0.1) is 6.92 Å². The number of benzene rings is 2. The third-order valence-electron chi connectivity index (χ3n) is 4.16. The van der Waals surface area contributed by atoms with Crippen LogP contribution in [0.1, 0.15) is 16.4 Å². The Morgan fingerprint density at radius 2 is 1.96 bits per heavy atom. The number of hydrogen-bond donors (Lipinski definition) is 0. The lowest BCUT2D eigenvalue weighted by Crippen LogP contribution is -2.07. The molecule has 5 rings (SSSR count). The predicted octanol–water partition coefficient (Wildman–Crippen LogP) is 2.87. The fourth-order valence-corrected chi connectivity index (χ4v) is 3.64. The highest BCUT2D eigenvalue weighted by Gasteiger charge is 2.14. The van der Waals surface area contributed by atoms with E-state index in [1.807, 2.05) is 55.5 Å². The summed E-state index contributed by atoms with van der Waals surface area (Å²) in [4.78, 5) is 0.734. The van der Waals surface area contributed by atoms with Gasteiger partial charge in [-0.3, -0.25) is 0 Å². The maximum absolute atomic E-state index is 5.83. The molecule has 0 spiro atoms. The van der Waals surface area contributed by atoms with E-state index in [4.69, 9.17) is 4.74 Å². The molecule has 2 aromatic carbocycles. The Kier molecular flexibility index (Phi) is 3.79. The van der Waals surface area contributed by atoms with Gasteiger partial charge in [0.1, 0.15) is 24.4 Å². The molecular formula is C18H15N7OS. The summed E-state index contributed by atoms with van der Waals surface area (Å²) in [7, 11) is 0. The van der Waals surface area contributed by atoms with Gasteiger partial charge in [0.05, 0.1) is 5.52 Å². The molecule has 0 amide bonds. The smallest absolute Gasteiger partial charge is 0.234 e. The lowest BCUT2D eigenvalue weighted by molar-refractivity contribution is 0.303. The van der Waals surface area contributed by atoms with Gasteiger partial charge in [-0.1, -0.05) is 40.8 Å². The van der Waals surface area contributed by atoms with Gasteiger partial charge in [-0.05, 0) is 36.8 Å². The van der Waals surface area contributed by atoms with E-state index in [1.165, 1.54) is 11.3 Å². The van der Waals surface area contributed by atoms with Crippen molar-refractivity contribution in [3.63, 3.8) is 0 Å². The van der Waals surface area contributed by atoms with Crippen molar-refractivity contribution in [2.24, 2.45) is 0 Å². The molecule has 0 radical (unpaired) electrons. The molecule has 3 heterocycles. The van der Waals surface area contributed by atoms with Crippen LogP contribution in [0.2, 0.25) is 0 Å². The van der Waals surface area contributed by atoms with Gasteiger partial charge < -0.3 is 4.74 Å². The summed E-state index contributed by atoms with van der Waals surface area (Å²) in [5, 5.41) is 22.3. The molecule has 9 heteroatoms. The molecule has 0 N–H and O–H groups in total. The lowest BCUT2D eigenvalue weighted by Gasteiger charge is -2.04. The molecule has 27 heavy (non-hydrogen) atoms. The topological polar surface area (TPSA) is 83.0 Å². The lowest BCUT2D eigenvalue weighted by atomic mass is 10.2. The summed E-state index contributed by atoms with van der Waals surface area (Å²) in [6.07, 6.45) is 0. The summed E-state index contributed by atoms with van der Waals surface area (Å²) in [6, 6.07) is 15.8. The van der Waals surface area contributed by atoms with Crippen LogP contribution >= 0.6 is 11.3 Å². The third kappa shape index (κ3) is 3.02. The zero-order valence-corrected chi connectivity index (χ0v) is 15.3. The van der Waals surface area contributed by atoms with Crippen molar-refractivity contribution < 1.29 is 4.74 Å². The molecule has 0 atom stereocenters. The number of aryl methyl sites for hydroxylation is 1. The predicted molar refractivity (Wildman–Crippen MR) is 101 cm³/mol. The summed E-state index contributed by atoms with van der Waals surface area (Å²) in [5.41, 5.74) is 2.96. The average molecular weight is 377 g/mol. The first-order chi connectivity index (χ1) is 13.3. The Labute approximate surface area is 158 Å². The van der Waals surface area contributed by atoms with E-state index in [-0.39, 0.29) is 0 Å². The molecule has 0 aliphatic carbocycles. The van der Waals surface area contributed by atoms with E-state index in [2.05, 4.69) is 25.6 Å². The highest BCUT2D eigenvalue weighted by atomic mass is 32.1. The minimum atomic E-state index is 0.392. The number of rotatable bonds is 5. The van der Waals surface area contributed by atoms with E-state index in [1.54, 1.807) is 9.20 Å². The zero-order valence-electron chi connectivity index (χ0n) is 14.5. The fraction of sp³-hybridized carbons (Fsp3) is 0.167. The van der Waals surface area contributed by atoms with E-state index in [0.29, 0.717) is 19.0 Å². The van der Waals surface area contributed by atoms with Gasteiger partial charge >= 0.3 is 0 Å². The summed E-state index contributed by atoms with van der Waals surface area (Å²) in [5.74, 6) is 1.54. The largest absolute Gasteiger partial charge is 0.486 e. The second-order valence-electron chi connectivity index (χ2n) is 6.15. The highest BCUT2D eigenvalue weighted by Crippen LogP contribution is 2.19. The van der Waals surface area contributed by atoms with Crippen molar-refractivity contribution >= 4 is 27.3 Å². The Hall–Kier alpha value is -3.33. The van der Waals surface area contributed by atoms with Crippen molar-refractivity contribution in [1.29, 1.82) is 0 Å². The fourth-order valence-electron chi connectivity index (χ4n) is 2.87. The van der Waals surface area contributed by atoms with Gasteiger partial charge in [-0.15, -0.1) is 15.3 Å². The second-order valence-corrected chi connectivity index (χ2v) is 7.19. The highest BCUT2D eigenvalue weighted by molar-refractivity contribution is 7.16. The van der Waals surface area contributed by atoms with Crippen LogP contribution < -0.4 is 4.74 Å². The molecule has 5 aromatic rings. The Morgan fingerprint density at radius 3 is 2.89 bits per heavy atom. The molecule has 0 bridgehead atoms. The molecule has 8 nitrogen and oxygen atoms in total. The molecule has 0 saturated carbocycles. The van der Waals surface area contributed by atoms with Gasteiger partial charge in [-0.2, -0.15) is 9.61 Å². The number of hydrogen-bond acceptors (Lipinski definition) is 7. The van der Waals surface area contributed by atoms with Crippen molar-refractivity contribution in [3.05, 3.63) is 64.9 Å². The molecule has 0 fully saturated rings. The minimum Gasteiger partial charge on any atom is -0.486 e. The van der Waals surface area contributed by atoms with Crippen LogP contribution in [0.15, 0.2) is 48.5 Å². The van der Waals surface area contributed by atoms with Crippen molar-refractivity contribution in [2.75, 3.05) is 0 Å². The number of fused-ring (bicyclic) bond motifs is 2. The summed E-state index contributed by atoms with van der Waals surface area (Å²) in [6.45, 7) is 2.88. The van der Waals surface area contributed by atoms with Crippen molar-refractivity contribution in [3.8, 4) is 5.75 Å². The van der Waals surface area contributed by atoms with Gasteiger partial charge in [0.2, 0.25) is 4.96 Å². The SMILES string of the molecule is Cc1cccc(OCc2nn3c(Cn4nnc5ccccc54)nnc3s2)c1. The number of aromatic nitrogens is 7. The standard InChI is InChI=1S/C18H15N7OS/c1-12-5-4-6-13(9-12)26-11-17-22-25-16(20-21-18(25)27-17)10-24-15-8-3-2-7-14(15)19-23-24/h2-9H,10-11H2,1H3. The van der Waals surface area contributed by atoms with Crippen LogP contribution in [0.3, 0.4) is 0 Å². The number of para-hydroxylation sites is 1. The van der Waals surface area contributed by atoms with Crippen LogP contribution in [0.25, 0.3) is 16.0 Å². The normalized spacial score (nSPS) is 11.4. The molecule has 0 aliphatic heterocycles. The van der Waals surface area contributed by atoms with Crippen LogP contribution in [-0.2, 0) is 13.2 Å². The molecule has 0 unspecified atom stereocenters. The molecule has 0 aliphatic rings. The van der Waals surface area contributed by atoms with Gasteiger partial charge in [0.25, 0.3) is 0 Å². The van der Waals surface area contributed by atoms with E-state index >= 15 is 0 Å². The Bertz CT molecular complexity index is 1240. The van der Waals surface area contributed by atoms with E-state index < -0.39 is 0 Å². The van der Waals surface area contributed by atoms with Gasteiger partial charge in [0, 0.05) is 0 Å². The van der Waals surface area contributed by atoms with Crippen LogP contribution in [-0.4, -0.2) is 34.8 Å². The Balaban J connectivity index is 1.38. The summed E-state index contributed by atoms with van der Waals surface area (Å²) >= 11 is 1.47. The van der Waals surface area contributed by atoms with Crippen LogP contribution in [0.5, 0.6) is 5.75 Å². The molecule has 0 saturated heterocycles. The third-order valence-corrected chi connectivity index (χ3v) is 5.03. The van der Waals surface area contributed by atoms with Gasteiger partial charge in [0.15, 0.2) is 10.8 Å². The number of nitrogens with zero attached hydrogens (tertiary/aromatic N) is 7. The second kappa shape index (κ2) is 6.44. The van der Waals surface area contributed by atoms with E-state index in [9.17, 15) is 0 Å². The minimum absolute atomic E-state index is 0.392. The zero-order chi connectivity index (χ0) is 18.2.